The molecular weight excluding hydrogens is 1890 g/mol. The molecule has 0 spiro atoms. The lowest BCUT2D eigenvalue weighted by atomic mass is 9.79. The van der Waals surface area contributed by atoms with Crippen LogP contribution in [0.5, 0.6) is 23.0 Å². The molecule has 0 saturated carbocycles. The number of hydrazine groups is 2. The fraction of sp³-hybridized carbons (Fsp3) is 0.510. The van der Waals surface area contributed by atoms with Crippen molar-refractivity contribution in [2.45, 2.75) is 270 Å². The second-order valence-electron chi connectivity index (χ2n) is 39.9. The molecule has 1 aliphatic rings. The number of phenols is 2. The number of carbonyl (C=O) groups excluding carboxylic acids is 12. The molecule has 4 aromatic carbocycles. The molecule has 2 aromatic heterocycles. The van der Waals surface area contributed by atoms with E-state index in [9.17, 15) is 87.5 Å². The molecule has 146 heavy (non-hydrogen) atoms. The molecular formula is C98H144N28O20. The summed E-state index contributed by atoms with van der Waals surface area (Å²) in [5.74, 6) is -13.3. The number of ether oxygens (including phenoxy) is 2. The summed E-state index contributed by atoms with van der Waals surface area (Å²) in [5, 5.41) is 106. The quantitative estimate of drug-likeness (QED) is 0.0107. The van der Waals surface area contributed by atoms with Gasteiger partial charge in [-0.25, -0.2) is 19.6 Å². The van der Waals surface area contributed by atoms with E-state index in [2.05, 4.69) is 95.5 Å². The first kappa shape index (κ1) is 117. The van der Waals surface area contributed by atoms with Crippen LogP contribution in [0.3, 0.4) is 0 Å². The third kappa shape index (κ3) is 39.8. The molecule has 12 amide bonds. The molecule has 0 saturated heterocycles. The van der Waals surface area contributed by atoms with Crippen molar-refractivity contribution >= 4 is 107 Å². The lowest BCUT2D eigenvalue weighted by molar-refractivity contribution is -0.142. The maximum atomic E-state index is 14.2. The predicted molar refractivity (Wildman–Crippen MR) is 540 cm³/mol. The van der Waals surface area contributed by atoms with Crippen LogP contribution in [-0.2, 0) is 128 Å². The molecule has 0 unspecified atom stereocenters. The van der Waals surface area contributed by atoms with E-state index in [0.717, 1.165) is 22.3 Å². The number of aromatic hydroxyl groups is 2. The summed E-state index contributed by atoms with van der Waals surface area (Å²) in [7, 11) is 0. The maximum absolute atomic E-state index is 14.2. The number of carbonyl (C=O) groups is 14. The van der Waals surface area contributed by atoms with Gasteiger partial charge in [0.15, 0.2) is 37.1 Å². The van der Waals surface area contributed by atoms with Gasteiger partial charge in [-0.2, -0.15) is 0 Å². The van der Waals surface area contributed by atoms with E-state index >= 15 is 0 Å². The Morgan fingerprint density at radius 2 is 0.603 bits per heavy atom. The number of rotatable bonds is 50. The number of carboxylic acids is 2. The molecule has 48 nitrogen and oxygen atoms in total. The van der Waals surface area contributed by atoms with E-state index in [-0.39, 0.29) is 202 Å². The monoisotopic (exact) mass is 2030 g/mol. The van der Waals surface area contributed by atoms with Gasteiger partial charge in [0.2, 0.25) is 59.1 Å². The van der Waals surface area contributed by atoms with Gasteiger partial charge in [0.1, 0.15) is 59.2 Å². The highest BCUT2D eigenvalue weighted by Gasteiger charge is 2.35. The van der Waals surface area contributed by atoms with Gasteiger partial charge in [-0.15, -0.1) is 0 Å². The van der Waals surface area contributed by atoms with E-state index in [4.69, 9.17) is 54.0 Å². The number of benzene rings is 4. The van der Waals surface area contributed by atoms with Crippen molar-refractivity contribution in [1.82, 2.24) is 105 Å². The highest BCUT2D eigenvalue weighted by atomic mass is 16.5. The van der Waals surface area contributed by atoms with Gasteiger partial charge >= 0.3 is 11.9 Å². The molecule has 48 heteroatoms. The highest BCUT2D eigenvalue weighted by Crippen LogP contribution is 2.44. The molecule has 1 aliphatic carbocycles. The summed E-state index contributed by atoms with van der Waals surface area (Å²) in [6.07, 6.45) is 7.77. The normalized spacial score (nSPS) is 13.1. The molecule has 6 atom stereocenters. The van der Waals surface area contributed by atoms with Crippen LogP contribution in [0.25, 0.3) is 0 Å². The Morgan fingerprint density at radius 1 is 0.342 bits per heavy atom. The average molecular weight is 2030 g/mol. The minimum atomic E-state index is -1.39. The molecule has 0 fully saturated rings. The number of phenolic OH excluding ortho intramolecular Hbond substituents is 2. The van der Waals surface area contributed by atoms with Crippen LogP contribution in [0.15, 0.2) is 86.0 Å². The lowest BCUT2D eigenvalue weighted by Gasteiger charge is -2.28. The number of fused-ring (bicyclic) bond motifs is 8. The number of nitrogens with one attached hydrogen (secondary N) is 20. The standard InChI is InChI=1S/C98H144N28O20/c1-95(2,3)63-39-55-35-59-43-65(97(7,8)9)45-61(83(59)145-51-79(133)123-121-75(129)25-13-23-73(127)115-67(19-15-27-109-91(99)100)87(139)119-71(49-125-33-31-107-53-125)85(137)113-47-77(131)117-69(89(141)142)21-17-29-111-93(103)104)37-57-41-64(96(4,5)6)42-58(82(57)136)38-62-46-66(98(10,11)12)44-60(36-56(40-63)81(55)135)84(62)146-52-80(134)124-122-76(130)26-14-24-74(128)116-68(20-16-28-110-92(101)102)88(140)120-72(50-126-34-32-108-54-126)86(138)114-48-78(132)118-70(90(143)144)22-18-30-112-94(105)106/h31-34,39-46,53-54,67-72,135-136H,13-30,35-38,47-52H2,1-12H3,(H,113,137)(H,114,138)(H,115,127)(H,116,128)(H,117,131)(H,118,132)(H,119,139)(H,120,140)(H,121,129)(H,122,130)(H,123,133)(H,124,134)(H,141,142)(H,143,144)(H4,99,100,109)(H4,101,102,110)(H4,103,104,111)(H4,105,106,112)/t67-,68-,69-,70-,71-,72-/m0/s1. The van der Waals surface area contributed by atoms with E-state index in [1.165, 1.54) is 46.6 Å². The predicted octanol–water partition coefficient (Wildman–Crippen LogP) is 0.514. The average Bonchev–Trinajstić information content (AvgIpc) is 0.817. The van der Waals surface area contributed by atoms with E-state index in [0.29, 0.717) is 44.5 Å². The van der Waals surface area contributed by atoms with Crippen molar-refractivity contribution < 1.29 is 97.0 Å². The van der Waals surface area contributed by atoms with Crippen LogP contribution in [-0.4, -0.2) is 235 Å². The molecule has 7 rings (SSSR count). The topological polar surface area (TPSA) is 766 Å². The molecule has 2 heterocycles. The van der Waals surface area contributed by atoms with Gasteiger partial charge in [0.25, 0.3) is 11.8 Å². The first-order valence-electron chi connectivity index (χ1n) is 48.1. The second-order valence-corrected chi connectivity index (χ2v) is 39.9. The molecule has 8 bridgehead atoms. The van der Waals surface area contributed by atoms with Gasteiger partial charge in [0, 0.05) is 102 Å². The number of imidazole rings is 2. The largest absolute Gasteiger partial charge is 0.507 e. The summed E-state index contributed by atoms with van der Waals surface area (Å²) in [4.78, 5) is 197. The number of aromatic nitrogens is 4. The summed E-state index contributed by atoms with van der Waals surface area (Å²) in [5.41, 5.74) is 36.4. The Balaban J connectivity index is 1.08. The van der Waals surface area contributed by atoms with Crippen molar-refractivity contribution in [3.05, 3.63) is 153 Å². The zero-order valence-electron chi connectivity index (χ0n) is 84.8. The van der Waals surface area contributed by atoms with Gasteiger partial charge in [-0.3, -0.25) is 101 Å². The van der Waals surface area contributed by atoms with Gasteiger partial charge in [0.05, 0.1) is 38.8 Å². The number of aliphatic carboxylic acids is 2. The Kier molecular flexibility index (Phi) is 44.2. The Hall–Kier alpha value is -15.8. The highest BCUT2D eigenvalue weighted by molar-refractivity contribution is 5.96. The number of hydrogen-bond acceptors (Lipinski definition) is 24. The van der Waals surface area contributed by atoms with Crippen molar-refractivity contribution in [3.63, 3.8) is 0 Å². The van der Waals surface area contributed by atoms with Crippen molar-refractivity contribution in [1.29, 1.82) is 21.6 Å². The summed E-state index contributed by atoms with van der Waals surface area (Å²) >= 11 is 0. The van der Waals surface area contributed by atoms with Crippen LogP contribution in [0.2, 0.25) is 0 Å². The second kappa shape index (κ2) is 55.1. The maximum Gasteiger partial charge on any atom is 0.326 e. The first-order valence-corrected chi connectivity index (χ1v) is 48.1. The fourth-order valence-electron chi connectivity index (χ4n) is 15.5. The SMILES string of the molecule is CC(C)(C)c1cc2c(O)c(c1)Cc1cc(C(C)(C)C)cc(c1OCC(=O)NNC(=O)CCCC(=O)N[C@@H](CCCNC(=N)N)C(=O)N[C@@H](Cn1ccnc1)C(=O)NCC(=O)N[C@@H](CCCNC(=N)N)C(=O)O)Cc1cc(C(C)(C)C)cc(c1O)Cc1cc(C(C)(C)C)cc(c1OCC(=O)NNC(=O)CCCC(=O)N[C@@H](CCCNC(=N)N)C(=O)N[C@@H](Cn1ccnc1)C(=O)NCC(=O)N[C@@H](CCCNC(=N)N)C(=O)O)C2. The van der Waals surface area contributed by atoms with Crippen molar-refractivity contribution in [2.24, 2.45) is 22.9 Å². The van der Waals surface area contributed by atoms with Crippen molar-refractivity contribution in [2.75, 3.05) is 52.5 Å². The summed E-state index contributed by atoms with van der Waals surface area (Å²) < 4.78 is 16.3. The molecule has 32 N–H and O–H groups in total. The van der Waals surface area contributed by atoms with E-state index in [1.807, 2.05) is 132 Å². The third-order valence-electron chi connectivity index (χ3n) is 23.5. The zero-order valence-corrected chi connectivity index (χ0v) is 84.8. The molecule has 796 valence electrons. The third-order valence-corrected chi connectivity index (χ3v) is 23.5. The molecule has 0 aliphatic heterocycles. The number of hydrogen-bond donors (Lipinski definition) is 28. The van der Waals surface area contributed by atoms with Gasteiger partial charge in [-0.05, 0) is 153 Å². The Labute approximate surface area is 846 Å². The minimum Gasteiger partial charge on any atom is -0.507 e. The molecule has 6 aromatic rings. The zero-order chi connectivity index (χ0) is 108. The summed E-state index contributed by atoms with van der Waals surface area (Å²) in [6, 6.07) is 7.31. The fourth-order valence-corrected chi connectivity index (χ4v) is 15.5. The number of guanidine groups is 4. The number of carboxylic acid groups (broad SMARTS) is 2. The molecule has 0 radical (unpaired) electrons. The van der Waals surface area contributed by atoms with E-state index < -0.39 is 167 Å². The lowest BCUT2D eigenvalue weighted by Crippen LogP contribution is -2.56. The Bertz CT molecular complexity index is 5210. The van der Waals surface area contributed by atoms with Crippen LogP contribution in [0.1, 0.15) is 240 Å². The van der Waals surface area contributed by atoms with Crippen LogP contribution >= 0.6 is 0 Å². The van der Waals surface area contributed by atoms with Gasteiger partial charge in [-0.1, -0.05) is 132 Å². The van der Waals surface area contributed by atoms with Crippen LogP contribution in [0.4, 0.5) is 0 Å². The summed E-state index contributed by atoms with van der Waals surface area (Å²) in [6.45, 7) is 21.7. The smallest absolute Gasteiger partial charge is 0.326 e. The van der Waals surface area contributed by atoms with Crippen molar-refractivity contribution in [3.8, 4) is 23.0 Å². The number of amides is 12. The first-order chi connectivity index (χ1) is 68.6. The van der Waals surface area contributed by atoms with Crippen LogP contribution < -0.4 is 118 Å². The number of nitrogens with two attached hydrogens (primary N) is 4. The van der Waals surface area contributed by atoms with E-state index in [1.54, 1.807) is 0 Å². The minimum absolute atomic E-state index is 0.00820. The van der Waals surface area contributed by atoms with Crippen LogP contribution in [0, 0.1) is 21.6 Å². The Morgan fingerprint density at radius 3 is 0.863 bits per heavy atom. The number of nitrogens with zero attached hydrogens (tertiary/aromatic N) is 4. The van der Waals surface area contributed by atoms with Gasteiger partial charge < -0.3 is 126 Å².